The van der Waals surface area contributed by atoms with Gasteiger partial charge in [0.25, 0.3) is 5.91 Å². The second-order valence-electron chi connectivity index (χ2n) is 10.6. The second-order valence-corrected chi connectivity index (χ2v) is 11.6. The number of carbonyl (C=O) groups is 1. The average Bonchev–Trinajstić information content (AvgIpc) is 3.56. The smallest absolute Gasteiger partial charge is 0.417 e. The number of fused-ring (bicyclic) bond motifs is 2. The van der Waals surface area contributed by atoms with E-state index in [0.29, 0.717) is 24.3 Å². The summed E-state index contributed by atoms with van der Waals surface area (Å²) in [5, 5.41) is 9.14. The maximum absolute atomic E-state index is 16.7. The third kappa shape index (κ3) is 5.25. The number of thiophene rings is 1. The van der Waals surface area contributed by atoms with Crippen LogP contribution in [0.25, 0.3) is 32.1 Å². The number of benzene rings is 2. The maximum atomic E-state index is 16.7. The lowest BCUT2D eigenvalue weighted by atomic mass is 9.92. The van der Waals surface area contributed by atoms with Crippen molar-refractivity contribution in [1.29, 1.82) is 5.26 Å². The number of nitriles is 1. The van der Waals surface area contributed by atoms with E-state index in [1.54, 1.807) is 29.7 Å². The van der Waals surface area contributed by atoms with E-state index in [2.05, 4.69) is 9.97 Å². The summed E-state index contributed by atoms with van der Waals surface area (Å²) in [6.07, 6.45) is -5.32. The van der Waals surface area contributed by atoms with Gasteiger partial charge in [0.2, 0.25) is 0 Å². The largest absolute Gasteiger partial charge is 0.467 e. The molecule has 15 heteroatoms. The van der Waals surface area contributed by atoms with Crippen LogP contribution in [0.5, 0.6) is 6.01 Å². The van der Waals surface area contributed by atoms with Gasteiger partial charge in [-0.25, -0.2) is 8.78 Å². The molecule has 5 rings (SSSR count). The van der Waals surface area contributed by atoms with E-state index in [1.165, 1.54) is 14.2 Å². The number of methoxy groups -OCH3 is 2. The van der Waals surface area contributed by atoms with Crippen LogP contribution in [0, 0.1) is 23.0 Å². The van der Waals surface area contributed by atoms with Crippen molar-refractivity contribution in [1.82, 2.24) is 14.9 Å². The number of halogens is 5. The molecule has 1 amide bonds. The van der Waals surface area contributed by atoms with Crippen LogP contribution >= 0.6 is 11.3 Å². The molecule has 45 heavy (non-hydrogen) atoms. The van der Waals surface area contributed by atoms with Crippen LogP contribution in [0.3, 0.4) is 0 Å². The Kier molecular flexibility index (Phi) is 8.49. The normalized spacial score (nSPS) is 17.6. The van der Waals surface area contributed by atoms with Gasteiger partial charge in [0.1, 0.15) is 34.3 Å². The molecule has 2 N–H and O–H groups in total. The summed E-state index contributed by atoms with van der Waals surface area (Å²) in [6, 6.07) is 3.38. The SMILES string of the molecule is CCN(c1nc(OC)nc2c(F)c(-c3ccc(F)c4sc(N)c(C#N)c34)c(C(F)(F)F)cc12)C1CCN(C(=O)C(C)OC)C1C. The Balaban J connectivity index is 1.79. The second kappa shape index (κ2) is 11.9. The van der Waals surface area contributed by atoms with Crippen molar-refractivity contribution < 1.29 is 36.2 Å². The summed E-state index contributed by atoms with van der Waals surface area (Å²) >= 11 is 0.685. The number of amides is 1. The molecule has 9 nitrogen and oxygen atoms in total. The number of hydrogen-bond donors (Lipinski definition) is 1. The molecule has 3 unspecified atom stereocenters. The fourth-order valence-electron chi connectivity index (χ4n) is 6.02. The minimum atomic E-state index is -5.09. The minimum Gasteiger partial charge on any atom is -0.467 e. The monoisotopic (exact) mass is 648 g/mol. The molecule has 238 valence electrons. The first-order valence-electron chi connectivity index (χ1n) is 13.9. The molecule has 0 saturated carbocycles. The van der Waals surface area contributed by atoms with Gasteiger partial charge in [-0.2, -0.15) is 28.4 Å². The van der Waals surface area contributed by atoms with E-state index in [0.717, 1.165) is 18.2 Å². The summed E-state index contributed by atoms with van der Waals surface area (Å²) < 4.78 is 86.2. The molecule has 1 saturated heterocycles. The van der Waals surface area contributed by atoms with E-state index in [4.69, 9.17) is 15.2 Å². The van der Waals surface area contributed by atoms with E-state index in [1.807, 2.05) is 6.92 Å². The number of rotatable bonds is 7. The molecule has 0 spiro atoms. The Labute approximate surface area is 259 Å². The topological polar surface area (TPSA) is 118 Å². The molecule has 1 fully saturated rings. The highest BCUT2D eigenvalue weighted by molar-refractivity contribution is 7.23. The summed E-state index contributed by atoms with van der Waals surface area (Å²) in [5.74, 6) is -2.42. The van der Waals surface area contributed by atoms with Gasteiger partial charge >= 0.3 is 12.2 Å². The third-order valence-electron chi connectivity index (χ3n) is 8.29. The molecule has 0 aliphatic carbocycles. The Morgan fingerprint density at radius 1 is 1.29 bits per heavy atom. The predicted octanol–water partition coefficient (Wildman–Crippen LogP) is 6.12. The molecule has 2 aromatic heterocycles. The standard InChI is InChI=1S/C30H29F5N6O3S/c1-6-40(20-9-10-41(13(20)2)28(42)14(3)43-4)27-16-11-18(30(33,34)35)22(23(32)24(16)38-29(39-27)44-5)15-7-8-19(31)25-21(15)17(12-36)26(37)45-25/h7-8,11,13-14,20H,6,9-10,37H2,1-5H3. The predicted molar refractivity (Wildman–Crippen MR) is 160 cm³/mol. The molecule has 4 aromatic rings. The Morgan fingerprint density at radius 3 is 2.60 bits per heavy atom. The zero-order chi connectivity index (χ0) is 33.0. The fraction of sp³-hybridized carbons (Fsp3) is 0.400. The average molecular weight is 649 g/mol. The summed E-state index contributed by atoms with van der Waals surface area (Å²) in [5.41, 5.74) is 2.53. The lowest BCUT2D eigenvalue weighted by Gasteiger charge is -2.35. The van der Waals surface area contributed by atoms with Crippen molar-refractivity contribution in [2.45, 2.75) is 51.6 Å². The fourth-order valence-corrected chi connectivity index (χ4v) is 6.97. The van der Waals surface area contributed by atoms with Gasteiger partial charge in [-0.3, -0.25) is 4.79 Å². The Bertz CT molecular complexity index is 1860. The molecule has 2 aromatic carbocycles. The highest BCUT2D eigenvalue weighted by Crippen LogP contribution is 2.48. The van der Waals surface area contributed by atoms with Crippen LogP contribution in [0.4, 0.5) is 32.8 Å². The number of alkyl halides is 3. The van der Waals surface area contributed by atoms with Gasteiger partial charge in [-0.05, 0) is 44.9 Å². The van der Waals surface area contributed by atoms with E-state index in [9.17, 15) is 27.6 Å². The minimum absolute atomic E-state index is 0.0111. The van der Waals surface area contributed by atoms with Crippen LogP contribution < -0.4 is 15.4 Å². The van der Waals surface area contributed by atoms with Crippen molar-refractivity contribution in [2.24, 2.45) is 0 Å². The number of likely N-dealkylation sites (N-methyl/N-ethyl adjacent to an activating group) is 1. The maximum Gasteiger partial charge on any atom is 0.417 e. The number of aromatic nitrogens is 2. The van der Waals surface area contributed by atoms with Crippen LogP contribution in [0.1, 0.15) is 38.3 Å². The molecule has 0 radical (unpaired) electrons. The quantitative estimate of drug-likeness (QED) is 0.238. The van der Waals surface area contributed by atoms with Gasteiger partial charge < -0.3 is 25.0 Å². The first-order chi connectivity index (χ1) is 21.3. The molecule has 1 aliphatic heterocycles. The molecule has 3 heterocycles. The first kappa shape index (κ1) is 32.1. The Morgan fingerprint density at radius 2 is 2.00 bits per heavy atom. The van der Waals surface area contributed by atoms with E-state index < -0.39 is 52.6 Å². The van der Waals surface area contributed by atoms with Crippen molar-refractivity contribution in [3.63, 3.8) is 0 Å². The number of hydrogen-bond acceptors (Lipinski definition) is 9. The van der Waals surface area contributed by atoms with Crippen LogP contribution in [-0.4, -0.2) is 66.3 Å². The summed E-state index contributed by atoms with van der Waals surface area (Å²) in [4.78, 5) is 24.8. The van der Waals surface area contributed by atoms with Gasteiger partial charge in [0, 0.05) is 42.6 Å². The zero-order valence-electron chi connectivity index (χ0n) is 24.9. The lowest BCUT2D eigenvalue weighted by Crippen LogP contribution is -2.48. The first-order valence-corrected chi connectivity index (χ1v) is 14.8. The summed E-state index contributed by atoms with van der Waals surface area (Å²) in [6.45, 7) is 5.83. The van der Waals surface area contributed by atoms with Crippen molar-refractivity contribution in [3.05, 3.63) is 41.0 Å². The van der Waals surface area contributed by atoms with Crippen LogP contribution in [0.2, 0.25) is 0 Å². The summed E-state index contributed by atoms with van der Waals surface area (Å²) in [7, 11) is 2.66. The van der Waals surface area contributed by atoms with E-state index >= 15 is 4.39 Å². The van der Waals surface area contributed by atoms with Crippen molar-refractivity contribution in [2.75, 3.05) is 37.9 Å². The van der Waals surface area contributed by atoms with Gasteiger partial charge in [0.15, 0.2) is 5.82 Å². The molecule has 1 aliphatic rings. The van der Waals surface area contributed by atoms with Crippen molar-refractivity contribution >= 4 is 49.1 Å². The third-order valence-corrected chi connectivity index (χ3v) is 9.32. The Hall–Kier alpha value is -4.29. The number of carbonyl (C=O) groups excluding carboxylic acids is 1. The lowest BCUT2D eigenvalue weighted by molar-refractivity contribution is -0.141. The number of nitrogens with zero attached hydrogens (tertiary/aromatic N) is 5. The number of ether oxygens (including phenoxy) is 2. The molecular weight excluding hydrogens is 619 g/mol. The number of likely N-dealkylation sites (tertiary alicyclic amines) is 1. The molecule has 3 atom stereocenters. The van der Waals surface area contributed by atoms with E-state index in [-0.39, 0.29) is 55.9 Å². The number of anilines is 2. The van der Waals surface area contributed by atoms with Gasteiger partial charge in [-0.1, -0.05) is 6.07 Å². The van der Waals surface area contributed by atoms with Gasteiger partial charge in [0.05, 0.1) is 29.0 Å². The highest BCUT2D eigenvalue weighted by Gasteiger charge is 2.41. The molecule has 0 bridgehead atoms. The zero-order valence-corrected chi connectivity index (χ0v) is 25.7. The number of nitrogens with two attached hydrogens (primary N) is 1. The van der Waals surface area contributed by atoms with Crippen LogP contribution in [0.15, 0.2) is 18.2 Å². The highest BCUT2D eigenvalue weighted by atomic mass is 32.1. The van der Waals surface area contributed by atoms with Gasteiger partial charge in [-0.15, -0.1) is 11.3 Å². The molecular formula is C30H29F5N6O3S. The number of nitrogen functional groups attached to an aromatic ring is 1. The van der Waals surface area contributed by atoms with Crippen molar-refractivity contribution in [3.8, 4) is 23.2 Å². The van der Waals surface area contributed by atoms with Crippen LogP contribution in [-0.2, 0) is 15.7 Å².